The van der Waals surface area contributed by atoms with Crippen LogP contribution in [-0.4, -0.2) is 23.1 Å². The van der Waals surface area contributed by atoms with Crippen molar-refractivity contribution in [2.24, 2.45) is 5.41 Å². The van der Waals surface area contributed by atoms with Gasteiger partial charge in [-0.05, 0) is 39.5 Å². The Morgan fingerprint density at radius 3 is 2.06 bits per heavy atom. The standard InChI is InChI=1S/C15H29NOS/c1-9-11(2)18-10-12(16-15(6,7)8)13(17)14(3,4)5/h9,12,16H,10H2,1-8H3/b11-9-. The second kappa shape index (κ2) is 6.76. The van der Waals surface area contributed by atoms with Gasteiger partial charge in [0.2, 0.25) is 0 Å². The number of allylic oxidation sites excluding steroid dienone is 2. The zero-order valence-corrected chi connectivity index (χ0v) is 14.0. The highest BCUT2D eigenvalue weighted by molar-refractivity contribution is 8.03. The summed E-state index contributed by atoms with van der Waals surface area (Å²) in [6.45, 7) is 16.4. The second-order valence-electron chi connectivity index (χ2n) is 6.77. The molecule has 0 rings (SSSR count). The van der Waals surface area contributed by atoms with Crippen LogP contribution >= 0.6 is 11.8 Å². The molecular weight excluding hydrogens is 242 g/mol. The van der Waals surface area contributed by atoms with E-state index in [1.165, 1.54) is 4.91 Å². The maximum absolute atomic E-state index is 12.4. The SMILES string of the molecule is C/C=C(/C)SCC(NC(C)(C)C)C(=O)C(C)(C)C. The van der Waals surface area contributed by atoms with Gasteiger partial charge in [-0.15, -0.1) is 11.8 Å². The molecule has 0 spiro atoms. The van der Waals surface area contributed by atoms with Gasteiger partial charge in [-0.2, -0.15) is 0 Å². The van der Waals surface area contributed by atoms with E-state index >= 15 is 0 Å². The monoisotopic (exact) mass is 271 g/mol. The van der Waals surface area contributed by atoms with Crippen molar-refractivity contribution in [3.8, 4) is 0 Å². The van der Waals surface area contributed by atoms with Crippen LogP contribution in [0.2, 0.25) is 0 Å². The molecule has 0 heterocycles. The first-order valence-electron chi connectivity index (χ1n) is 6.55. The molecule has 0 aliphatic rings. The van der Waals surface area contributed by atoms with E-state index in [1.807, 2.05) is 27.7 Å². The van der Waals surface area contributed by atoms with Gasteiger partial charge in [-0.3, -0.25) is 4.79 Å². The average Bonchev–Trinajstić information content (AvgIpc) is 2.19. The third-order valence-electron chi connectivity index (χ3n) is 2.55. The minimum absolute atomic E-state index is 0.0457. The van der Waals surface area contributed by atoms with Gasteiger partial charge in [0.05, 0.1) is 6.04 Å². The topological polar surface area (TPSA) is 29.1 Å². The quantitative estimate of drug-likeness (QED) is 0.819. The first-order valence-corrected chi connectivity index (χ1v) is 7.53. The Bertz CT molecular complexity index is 307. The lowest BCUT2D eigenvalue weighted by Gasteiger charge is -2.31. The minimum atomic E-state index is -0.298. The van der Waals surface area contributed by atoms with E-state index in [9.17, 15) is 4.79 Å². The maximum Gasteiger partial charge on any atom is 0.155 e. The molecule has 0 amide bonds. The Balaban J connectivity index is 4.79. The van der Waals surface area contributed by atoms with Crippen molar-refractivity contribution >= 4 is 17.5 Å². The molecule has 2 nitrogen and oxygen atoms in total. The van der Waals surface area contributed by atoms with Crippen LogP contribution in [0.3, 0.4) is 0 Å². The highest BCUT2D eigenvalue weighted by Crippen LogP contribution is 2.23. The maximum atomic E-state index is 12.4. The van der Waals surface area contributed by atoms with Crippen LogP contribution in [0.1, 0.15) is 55.4 Å². The molecule has 3 heteroatoms. The second-order valence-corrected chi connectivity index (χ2v) is 8.04. The van der Waals surface area contributed by atoms with Crippen LogP contribution in [0.25, 0.3) is 0 Å². The van der Waals surface area contributed by atoms with Crippen LogP contribution in [0.4, 0.5) is 0 Å². The summed E-state index contributed by atoms with van der Waals surface area (Å²) in [5, 5.41) is 3.44. The van der Waals surface area contributed by atoms with Gasteiger partial charge in [-0.1, -0.05) is 26.8 Å². The fourth-order valence-corrected chi connectivity index (χ4v) is 2.36. The fourth-order valence-electron chi connectivity index (χ4n) is 1.53. The summed E-state index contributed by atoms with van der Waals surface area (Å²) in [4.78, 5) is 13.7. The predicted molar refractivity (Wildman–Crippen MR) is 83.0 cm³/mol. The van der Waals surface area contributed by atoms with Gasteiger partial charge >= 0.3 is 0 Å². The molecule has 0 saturated carbocycles. The van der Waals surface area contributed by atoms with Crippen molar-refractivity contribution in [1.82, 2.24) is 5.32 Å². The summed E-state index contributed by atoms with van der Waals surface area (Å²) in [5.41, 5.74) is -0.344. The Morgan fingerprint density at radius 1 is 1.22 bits per heavy atom. The van der Waals surface area contributed by atoms with Gasteiger partial charge in [-0.25, -0.2) is 0 Å². The molecular formula is C15H29NOS. The van der Waals surface area contributed by atoms with Crippen LogP contribution < -0.4 is 5.32 Å². The smallest absolute Gasteiger partial charge is 0.155 e. The van der Waals surface area contributed by atoms with Crippen molar-refractivity contribution in [2.75, 3.05) is 5.75 Å². The number of rotatable bonds is 5. The highest BCUT2D eigenvalue weighted by Gasteiger charge is 2.31. The van der Waals surface area contributed by atoms with Crippen LogP contribution in [0.5, 0.6) is 0 Å². The first-order chi connectivity index (χ1) is 7.97. The zero-order chi connectivity index (χ0) is 14.6. The lowest BCUT2D eigenvalue weighted by molar-refractivity contribution is -0.128. The molecule has 1 unspecified atom stereocenters. The predicted octanol–water partition coefficient (Wildman–Crippen LogP) is 4.02. The molecule has 1 atom stereocenters. The molecule has 0 radical (unpaired) electrons. The molecule has 18 heavy (non-hydrogen) atoms. The number of thioether (sulfide) groups is 1. The van der Waals surface area contributed by atoms with Crippen LogP contribution in [0, 0.1) is 5.41 Å². The van der Waals surface area contributed by atoms with E-state index in [0.29, 0.717) is 0 Å². The lowest BCUT2D eigenvalue weighted by atomic mass is 9.86. The molecule has 0 aliphatic heterocycles. The van der Waals surface area contributed by atoms with E-state index < -0.39 is 0 Å². The van der Waals surface area contributed by atoms with E-state index in [2.05, 4.69) is 39.1 Å². The largest absolute Gasteiger partial charge is 0.302 e. The third-order valence-corrected chi connectivity index (χ3v) is 3.74. The molecule has 0 bridgehead atoms. The van der Waals surface area contributed by atoms with Gasteiger partial charge in [0.15, 0.2) is 5.78 Å². The molecule has 0 aliphatic carbocycles. The minimum Gasteiger partial charge on any atom is -0.302 e. The zero-order valence-electron chi connectivity index (χ0n) is 13.2. The van der Waals surface area contributed by atoms with E-state index in [0.717, 1.165) is 5.75 Å². The number of nitrogens with one attached hydrogen (secondary N) is 1. The summed E-state index contributed by atoms with van der Waals surface area (Å²) in [6, 6.07) is -0.0927. The number of ketones is 1. The number of Topliss-reactive ketones (excluding diaryl/α,β-unsaturated/α-hetero) is 1. The van der Waals surface area contributed by atoms with Crippen LogP contribution in [0.15, 0.2) is 11.0 Å². The van der Waals surface area contributed by atoms with Crippen LogP contribution in [-0.2, 0) is 4.79 Å². The van der Waals surface area contributed by atoms with Crippen molar-refractivity contribution in [3.63, 3.8) is 0 Å². The summed E-state index contributed by atoms with van der Waals surface area (Å²) in [5.74, 6) is 1.08. The third kappa shape index (κ3) is 7.22. The number of hydrogen-bond donors (Lipinski definition) is 1. The van der Waals surface area contributed by atoms with Crippen molar-refractivity contribution in [1.29, 1.82) is 0 Å². The number of carbonyl (C=O) groups excluding carboxylic acids is 1. The van der Waals surface area contributed by atoms with Crippen molar-refractivity contribution in [2.45, 2.75) is 67.0 Å². The first kappa shape index (κ1) is 17.7. The highest BCUT2D eigenvalue weighted by atomic mass is 32.2. The van der Waals surface area contributed by atoms with E-state index in [1.54, 1.807) is 11.8 Å². The number of hydrogen-bond acceptors (Lipinski definition) is 3. The van der Waals surface area contributed by atoms with Gasteiger partial charge in [0.25, 0.3) is 0 Å². The summed E-state index contributed by atoms with van der Waals surface area (Å²) in [7, 11) is 0. The Hall–Kier alpha value is -0.280. The van der Waals surface area contributed by atoms with E-state index in [-0.39, 0.29) is 22.8 Å². The molecule has 0 aromatic carbocycles. The fraction of sp³-hybridized carbons (Fsp3) is 0.800. The number of carbonyl (C=O) groups is 1. The normalized spacial score (nSPS) is 15.7. The molecule has 1 N–H and O–H groups in total. The molecule has 0 aromatic heterocycles. The molecule has 0 fully saturated rings. The average molecular weight is 271 g/mol. The Morgan fingerprint density at radius 2 is 1.72 bits per heavy atom. The summed E-state index contributed by atoms with van der Waals surface area (Å²) >= 11 is 1.75. The molecule has 0 aromatic rings. The van der Waals surface area contributed by atoms with Gasteiger partial charge < -0.3 is 5.32 Å². The lowest BCUT2D eigenvalue weighted by Crippen LogP contribution is -2.52. The Kier molecular flexibility index (Phi) is 6.66. The van der Waals surface area contributed by atoms with Gasteiger partial charge in [0, 0.05) is 16.7 Å². The Labute approximate surface area is 117 Å². The summed E-state index contributed by atoms with van der Waals surface area (Å²) < 4.78 is 0. The summed E-state index contributed by atoms with van der Waals surface area (Å²) in [6.07, 6.45) is 2.08. The molecule has 106 valence electrons. The molecule has 0 saturated heterocycles. The van der Waals surface area contributed by atoms with Crippen molar-refractivity contribution < 1.29 is 4.79 Å². The van der Waals surface area contributed by atoms with Gasteiger partial charge in [0.1, 0.15) is 0 Å². The van der Waals surface area contributed by atoms with Crippen molar-refractivity contribution in [3.05, 3.63) is 11.0 Å². The van der Waals surface area contributed by atoms with E-state index in [4.69, 9.17) is 0 Å².